The predicted octanol–water partition coefficient (Wildman–Crippen LogP) is 4.01. The molecule has 132 valence electrons. The number of hydrogen-bond acceptors (Lipinski definition) is 5. The minimum atomic E-state index is -0.379. The lowest BCUT2D eigenvalue weighted by atomic mass is 10.1. The fourth-order valence-electron chi connectivity index (χ4n) is 2.66. The summed E-state index contributed by atoms with van der Waals surface area (Å²) in [5, 5.41) is 9.46. The number of anilines is 3. The Kier molecular flexibility index (Phi) is 3.84. The normalized spacial score (nSPS) is 14.7. The molecule has 0 bridgehead atoms. The van der Waals surface area contributed by atoms with Gasteiger partial charge in [-0.15, -0.1) is 0 Å². The predicted molar refractivity (Wildman–Crippen MR) is 99.8 cm³/mol. The average molecular weight is 349 g/mol. The van der Waals surface area contributed by atoms with E-state index >= 15 is 0 Å². The Morgan fingerprint density at radius 2 is 1.85 bits per heavy atom. The summed E-state index contributed by atoms with van der Waals surface area (Å²) in [6, 6.07) is 12.5. The van der Waals surface area contributed by atoms with Crippen molar-refractivity contribution in [1.29, 1.82) is 0 Å². The van der Waals surface area contributed by atoms with Gasteiger partial charge >= 0.3 is 6.03 Å². The van der Waals surface area contributed by atoms with Crippen molar-refractivity contribution < 1.29 is 9.32 Å². The topological polar surface area (TPSA) is 106 Å². The van der Waals surface area contributed by atoms with Gasteiger partial charge in [0.05, 0.1) is 5.69 Å². The number of nitrogens with two attached hydrogens (primary N) is 1. The summed E-state index contributed by atoms with van der Waals surface area (Å²) < 4.78 is 5.19. The van der Waals surface area contributed by atoms with Gasteiger partial charge in [0.15, 0.2) is 0 Å². The van der Waals surface area contributed by atoms with Crippen LogP contribution in [-0.2, 0) is 5.41 Å². The Morgan fingerprint density at radius 3 is 2.50 bits per heavy atom. The molecule has 0 unspecified atom stereocenters. The molecule has 4 N–H and O–H groups in total. The molecular weight excluding hydrogens is 330 g/mol. The first kappa shape index (κ1) is 16.1. The van der Waals surface area contributed by atoms with Crippen molar-refractivity contribution in [2.24, 2.45) is 0 Å². The van der Waals surface area contributed by atoms with Crippen LogP contribution in [0.15, 0.2) is 53.2 Å². The van der Waals surface area contributed by atoms with Crippen LogP contribution in [0.2, 0.25) is 0 Å². The molecule has 3 aromatic rings. The van der Waals surface area contributed by atoms with E-state index in [0.717, 1.165) is 29.7 Å². The molecule has 0 radical (unpaired) electrons. The van der Waals surface area contributed by atoms with E-state index in [4.69, 9.17) is 10.3 Å². The van der Waals surface area contributed by atoms with E-state index in [0.29, 0.717) is 17.4 Å². The minimum absolute atomic E-state index is 0.104. The van der Waals surface area contributed by atoms with E-state index in [-0.39, 0.29) is 11.4 Å². The van der Waals surface area contributed by atoms with E-state index in [1.807, 2.05) is 30.3 Å². The average Bonchev–Trinajstić information content (AvgIpc) is 3.20. The second-order valence-electron chi connectivity index (χ2n) is 6.77. The van der Waals surface area contributed by atoms with Crippen molar-refractivity contribution in [3.8, 4) is 11.1 Å². The third-order valence-electron chi connectivity index (χ3n) is 4.63. The number of nitrogen functional groups attached to an aromatic ring is 1. The van der Waals surface area contributed by atoms with Crippen molar-refractivity contribution >= 4 is 23.4 Å². The minimum Gasteiger partial charge on any atom is -0.384 e. The molecule has 0 atom stereocenters. The monoisotopic (exact) mass is 349 g/mol. The lowest BCUT2D eigenvalue weighted by molar-refractivity contribution is 0.261. The van der Waals surface area contributed by atoms with Crippen LogP contribution in [0.4, 0.5) is 22.2 Å². The molecule has 26 heavy (non-hydrogen) atoms. The van der Waals surface area contributed by atoms with Gasteiger partial charge in [-0.05, 0) is 42.7 Å². The van der Waals surface area contributed by atoms with Gasteiger partial charge in [-0.2, -0.15) is 0 Å². The largest absolute Gasteiger partial charge is 0.384 e. The fraction of sp³-hybridized carbons (Fsp3) is 0.211. The number of aromatic nitrogens is 2. The molecule has 2 aromatic heterocycles. The Labute approximate surface area is 150 Å². The van der Waals surface area contributed by atoms with Crippen LogP contribution in [0, 0.1) is 0 Å². The Bertz CT molecular complexity index is 927. The SMILES string of the molecule is CC1(c2cc(NC(=O)Nc3ccc(-c4ccc(N)nc4)cc3)on2)CC1. The summed E-state index contributed by atoms with van der Waals surface area (Å²) in [6.07, 6.45) is 3.91. The second kappa shape index (κ2) is 6.18. The zero-order valence-corrected chi connectivity index (χ0v) is 14.3. The molecule has 2 amide bonds. The molecule has 4 rings (SSSR count). The number of carbonyl (C=O) groups excluding carboxylic acids is 1. The summed E-state index contributed by atoms with van der Waals surface area (Å²) >= 11 is 0. The van der Waals surface area contributed by atoms with Gasteiger partial charge < -0.3 is 15.6 Å². The number of pyridine rings is 1. The maximum Gasteiger partial charge on any atom is 0.326 e. The van der Waals surface area contributed by atoms with Gasteiger partial charge in [0.2, 0.25) is 5.88 Å². The quantitative estimate of drug-likeness (QED) is 0.660. The number of urea groups is 1. The number of amides is 2. The lowest BCUT2D eigenvalue weighted by Crippen LogP contribution is -2.19. The summed E-state index contributed by atoms with van der Waals surface area (Å²) in [5.41, 5.74) is 9.20. The Hall–Kier alpha value is -3.35. The van der Waals surface area contributed by atoms with Crippen LogP contribution >= 0.6 is 0 Å². The second-order valence-corrected chi connectivity index (χ2v) is 6.77. The third kappa shape index (κ3) is 3.37. The molecule has 1 fully saturated rings. The highest BCUT2D eigenvalue weighted by molar-refractivity contribution is 5.99. The van der Waals surface area contributed by atoms with Gasteiger partial charge in [-0.25, -0.2) is 9.78 Å². The molecule has 1 saturated carbocycles. The van der Waals surface area contributed by atoms with E-state index in [1.54, 1.807) is 18.3 Å². The molecule has 0 saturated heterocycles. The first-order chi connectivity index (χ1) is 12.5. The molecule has 0 aliphatic heterocycles. The Morgan fingerprint density at radius 1 is 1.12 bits per heavy atom. The van der Waals surface area contributed by atoms with E-state index in [1.165, 1.54) is 0 Å². The maximum absolute atomic E-state index is 12.1. The van der Waals surface area contributed by atoms with E-state index < -0.39 is 0 Å². The molecular formula is C19H19N5O2. The maximum atomic E-state index is 12.1. The standard InChI is InChI=1S/C19H19N5O2/c1-19(8-9-19)15-10-17(26-24-15)23-18(25)22-14-5-2-12(3-6-14)13-4-7-16(20)21-11-13/h2-7,10-11H,8-9H2,1H3,(H2,20,21)(H2,22,23,25). The molecule has 7 nitrogen and oxygen atoms in total. The molecule has 7 heteroatoms. The zero-order valence-electron chi connectivity index (χ0n) is 14.3. The van der Waals surface area contributed by atoms with Crippen LogP contribution in [0.1, 0.15) is 25.5 Å². The van der Waals surface area contributed by atoms with Crippen LogP contribution in [0.5, 0.6) is 0 Å². The van der Waals surface area contributed by atoms with Gasteiger partial charge in [-0.3, -0.25) is 5.32 Å². The van der Waals surface area contributed by atoms with Crippen molar-refractivity contribution in [2.75, 3.05) is 16.4 Å². The van der Waals surface area contributed by atoms with E-state index in [2.05, 4.69) is 27.7 Å². The van der Waals surface area contributed by atoms with Crippen LogP contribution < -0.4 is 16.4 Å². The Balaban J connectivity index is 1.38. The highest BCUT2D eigenvalue weighted by Crippen LogP contribution is 2.47. The number of nitrogens with zero attached hydrogens (tertiary/aromatic N) is 2. The lowest BCUT2D eigenvalue weighted by Gasteiger charge is -2.07. The first-order valence-electron chi connectivity index (χ1n) is 8.39. The summed E-state index contributed by atoms with van der Waals surface area (Å²) in [6.45, 7) is 2.13. The van der Waals surface area contributed by atoms with Gasteiger partial charge in [0, 0.05) is 28.9 Å². The highest BCUT2D eigenvalue weighted by Gasteiger charge is 2.42. The van der Waals surface area contributed by atoms with Crippen molar-refractivity contribution in [3.63, 3.8) is 0 Å². The van der Waals surface area contributed by atoms with Gasteiger partial charge in [0.1, 0.15) is 5.82 Å². The van der Waals surface area contributed by atoms with Crippen molar-refractivity contribution in [3.05, 3.63) is 54.4 Å². The van der Waals surface area contributed by atoms with Crippen LogP contribution in [-0.4, -0.2) is 16.2 Å². The smallest absolute Gasteiger partial charge is 0.326 e. The van der Waals surface area contributed by atoms with Crippen LogP contribution in [0.25, 0.3) is 11.1 Å². The van der Waals surface area contributed by atoms with Crippen molar-refractivity contribution in [2.45, 2.75) is 25.2 Å². The highest BCUT2D eigenvalue weighted by atomic mass is 16.5. The number of nitrogens with one attached hydrogen (secondary N) is 2. The third-order valence-corrected chi connectivity index (χ3v) is 4.63. The molecule has 1 aliphatic carbocycles. The first-order valence-corrected chi connectivity index (χ1v) is 8.39. The van der Waals surface area contributed by atoms with Crippen LogP contribution in [0.3, 0.4) is 0 Å². The number of benzene rings is 1. The summed E-state index contributed by atoms with van der Waals surface area (Å²) in [7, 11) is 0. The zero-order chi connectivity index (χ0) is 18.1. The van der Waals surface area contributed by atoms with Gasteiger partial charge in [0.25, 0.3) is 0 Å². The van der Waals surface area contributed by atoms with Gasteiger partial charge in [-0.1, -0.05) is 24.2 Å². The summed E-state index contributed by atoms with van der Waals surface area (Å²) in [4.78, 5) is 16.2. The number of hydrogen-bond donors (Lipinski definition) is 3. The molecule has 0 spiro atoms. The summed E-state index contributed by atoms with van der Waals surface area (Å²) in [5.74, 6) is 0.824. The fourth-order valence-corrected chi connectivity index (χ4v) is 2.66. The van der Waals surface area contributed by atoms with E-state index in [9.17, 15) is 4.79 Å². The van der Waals surface area contributed by atoms with Crippen molar-refractivity contribution in [1.82, 2.24) is 10.1 Å². The molecule has 1 aromatic carbocycles. The number of rotatable bonds is 4. The molecule has 1 aliphatic rings. The number of carbonyl (C=O) groups is 1. The molecule has 2 heterocycles.